The van der Waals surface area contributed by atoms with E-state index < -0.39 is 0 Å². The van der Waals surface area contributed by atoms with Crippen molar-refractivity contribution in [2.45, 2.75) is 38.4 Å². The van der Waals surface area contributed by atoms with E-state index >= 15 is 0 Å². The molecule has 2 atom stereocenters. The number of nitrogens with zero attached hydrogens (tertiary/aromatic N) is 1. The van der Waals surface area contributed by atoms with Crippen LogP contribution < -0.4 is 5.32 Å². The van der Waals surface area contributed by atoms with E-state index in [2.05, 4.69) is 64.3 Å². The van der Waals surface area contributed by atoms with Crippen molar-refractivity contribution in [2.75, 3.05) is 13.1 Å². The fourth-order valence-electron chi connectivity index (χ4n) is 3.19. The van der Waals surface area contributed by atoms with Crippen LogP contribution in [0.1, 0.15) is 36.9 Å². The highest BCUT2D eigenvalue weighted by atomic mass is 32.1. The zero-order valence-corrected chi connectivity index (χ0v) is 13.5. The lowest BCUT2D eigenvalue weighted by atomic mass is 9.99. The first-order chi connectivity index (χ1) is 10.4. The first kappa shape index (κ1) is 14.8. The van der Waals surface area contributed by atoms with Gasteiger partial charge in [0, 0.05) is 31.7 Å². The summed E-state index contributed by atoms with van der Waals surface area (Å²) in [5.74, 6) is 0. The van der Waals surface area contributed by atoms with Gasteiger partial charge in [0.2, 0.25) is 0 Å². The molecule has 2 unspecified atom stereocenters. The van der Waals surface area contributed by atoms with Gasteiger partial charge in [-0.15, -0.1) is 0 Å². The van der Waals surface area contributed by atoms with E-state index in [1.54, 1.807) is 11.3 Å². The average Bonchev–Trinajstić information content (AvgIpc) is 3.03. The Morgan fingerprint density at radius 2 is 2.10 bits per heavy atom. The molecule has 1 aromatic carbocycles. The summed E-state index contributed by atoms with van der Waals surface area (Å²) in [6.45, 7) is 5.56. The summed E-state index contributed by atoms with van der Waals surface area (Å²) in [5.41, 5.74) is 2.86. The van der Waals surface area contributed by atoms with Crippen molar-refractivity contribution in [3.8, 4) is 0 Å². The molecule has 21 heavy (non-hydrogen) atoms. The Kier molecular flexibility index (Phi) is 5.07. The smallest absolute Gasteiger partial charge is 0.0450 e. The number of nitrogens with one attached hydrogen (secondary N) is 1. The molecule has 0 saturated carbocycles. The normalized spacial score (nSPS) is 23.3. The van der Waals surface area contributed by atoms with Crippen LogP contribution in [0.2, 0.25) is 0 Å². The van der Waals surface area contributed by atoms with Crippen LogP contribution in [0.25, 0.3) is 0 Å². The fourth-order valence-corrected chi connectivity index (χ4v) is 3.85. The third-order valence-electron chi connectivity index (χ3n) is 4.32. The van der Waals surface area contributed by atoms with Gasteiger partial charge in [0.05, 0.1) is 0 Å². The summed E-state index contributed by atoms with van der Waals surface area (Å²) in [6.07, 6.45) is 2.53. The molecule has 1 saturated heterocycles. The largest absolute Gasteiger partial charge is 0.307 e. The Morgan fingerprint density at radius 1 is 1.24 bits per heavy atom. The van der Waals surface area contributed by atoms with Gasteiger partial charge in [-0.2, -0.15) is 11.3 Å². The molecular weight excluding hydrogens is 276 g/mol. The maximum Gasteiger partial charge on any atom is 0.0450 e. The predicted molar refractivity (Wildman–Crippen MR) is 90.6 cm³/mol. The zero-order chi connectivity index (χ0) is 14.5. The standard InChI is InChI=1S/C18H24N2S/c1-2-6-17-11-19-18(16-7-4-3-5-8-16)13-20(17)12-15-9-10-21-14-15/h3-5,7-10,14,17-19H,2,6,11-13H2,1H3. The number of rotatable bonds is 5. The van der Waals surface area contributed by atoms with Crippen molar-refractivity contribution in [3.63, 3.8) is 0 Å². The molecular formula is C18H24N2S. The van der Waals surface area contributed by atoms with E-state index in [-0.39, 0.29) is 0 Å². The number of thiophene rings is 1. The average molecular weight is 300 g/mol. The van der Waals surface area contributed by atoms with E-state index in [0.29, 0.717) is 12.1 Å². The first-order valence-corrected chi connectivity index (χ1v) is 8.84. The summed E-state index contributed by atoms with van der Waals surface area (Å²) in [7, 11) is 0. The second-order valence-electron chi connectivity index (χ2n) is 5.88. The van der Waals surface area contributed by atoms with Crippen molar-refractivity contribution >= 4 is 11.3 Å². The molecule has 0 bridgehead atoms. The molecule has 1 fully saturated rings. The minimum absolute atomic E-state index is 0.456. The van der Waals surface area contributed by atoms with Crippen molar-refractivity contribution in [1.29, 1.82) is 0 Å². The monoisotopic (exact) mass is 300 g/mol. The number of benzene rings is 1. The molecule has 0 spiro atoms. The van der Waals surface area contributed by atoms with Gasteiger partial charge in [0.25, 0.3) is 0 Å². The van der Waals surface area contributed by atoms with Gasteiger partial charge in [0.1, 0.15) is 0 Å². The Morgan fingerprint density at radius 3 is 2.81 bits per heavy atom. The minimum Gasteiger partial charge on any atom is -0.307 e. The minimum atomic E-state index is 0.456. The molecule has 2 aromatic rings. The van der Waals surface area contributed by atoms with Crippen LogP contribution in [0, 0.1) is 0 Å². The quantitative estimate of drug-likeness (QED) is 0.895. The lowest BCUT2D eigenvalue weighted by Crippen LogP contribution is -2.52. The maximum atomic E-state index is 3.74. The van der Waals surface area contributed by atoms with Crippen molar-refractivity contribution in [3.05, 3.63) is 58.3 Å². The number of piperazine rings is 1. The maximum absolute atomic E-state index is 3.74. The van der Waals surface area contributed by atoms with Crippen LogP contribution in [0.5, 0.6) is 0 Å². The van der Waals surface area contributed by atoms with Crippen LogP contribution in [0.3, 0.4) is 0 Å². The Balaban J connectivity index is 1.72. The van der Waals surface area contributed by atoms with Gasteiger partial charge in [-0.05, 0) is 34.4 Å². The lowest BCUT2D eigenvalue weighted by Gasteiger charge is -2.40. The topological polar surface area (TPSA) is 15.3 Å². The third-order valence-corrected chi connectivity index (χ3v) is 5.06. The summed E-state index contributed by atoms with van der Waals surface area (Å²) < 4.78 is 0. The van der Waals surface area contributed by atoms with Crippen molar-refractivity contribution < 1.29 is 0 Å². The van der Waals surface area contributed by atoms with E-state index in [1.165, 1.54) is 24.0 Å². The molecule has 0 aliphatic carbocycles. The van der Waals surface area contributed by atoms with Crippen LogP contribution in [0.4, 0.5) is 0 Å². The van der Waals surface area contributed by atoms with E-state index in [0.717, 1.165) is 19.6 Å². The third kappa shape index (κ3) is 3.73. The summed E-state index contributed by atoms with van der Waals surface area (Å²) in [5, 5.41) is 8.20. The van der Waals surface area contributed by atoms with E-state index in [4.69, 9.17) is 0 Å². The highest BCUT2D eigenvalue weighted by Gasteiger charge is 2.27. The van der Waals surface area contributed by atoms with Gasteiger partial charge in [-0.25, -0.2) is 0 Å². The van der Waals surface area contributed by atoms with Crippen molar-refractivity contribution in [1.82, 2.24) is 10.2 Å². The highest BCUT2D eigenvalue weighted by molar-refractivity contribution is 7.07. The predicted octanol–water partition coefficient (Wildman–Crippen LogP) is 4.06. The molecule has 2 heterocycles. The summed E-state index contributed by atoms with van der Waals surface area (Å²) >= 11 is 1.80. The van der Waals surface area contributed by atoms with E-state index in [1.807, 2.05) is 0 Å². The van der Waals surface area contributed by atoms with E-state index in [9.17, 15) is 0 Å². The molecule has 3 heteroatoms. The van der Waals surface area contributed by atoms with Crippen LogP contribution >= 0.6 is 11.3 Å². The second-order valence-corrected chi connectivity index (χ2v) is 6.66. The number of hydrogen-bond donors (Lipinski definition) is 1. The van der Waals surface area contributed by atoms with Crippen LogP contribution in [-0.2, 0) is 6.54 Å². The summed E-state index contributed by atoms with van der Waals surface area (Å²) in [6, 6.07) is 14.2. The van der Waals surface area contributed by atoms with Gasteiger partial charge in [-0.1, -0.05) is 43.7 Å². The Hall–Kier alpha value is -1.16. The molecule has 112 valence electrons. The van der Waals surface area contributed by atoms with Gasteiger partial charge < -0.3 is 5.32 Å². The van der Waals surface area contributed by atoms with Crippen LogP contribution in [-0.4, -0.2) is 24.0 Å². The Bertz CT molecular complexity index is 523. The van der Waals surface area contributed by atoms with Crippen molar-refractivity contribution in [2.24, 2.45) is 0 Å². The Labute approximate surface area is 131 Å². The SMILES string of the molecule is CCCC1CNC(c2ccccc2)CN1Cc1ccsc1. The number of hydrogen-bond acceptors (Lipinski definition) is 3. The molecule has 0 amide bonds. The fraction of sp³-hybridized carbons (Fsp3) is 0.444. The van der Waals surface area contributed by atoms with Gasteiger partial charge >= 0.3 is 0 Å². The first-order valence-electron chi connectivity index (χ1n) is 7.90. The van der Waals surface area contributed by atoms with Gasteiger partial charge in [-0.3, -0.25) is 4.90 Å². The molecule has 1 aromatic heterocycles. The molecule has 1 aliphatic heterocycles. The molecule has 0 radical (unpaired) electrons. The summed E-state index contributed by atoms with van der Waals surface area (Å²) in [4.78, 5) is 2.67. The van der Waals surface area contributed by atoms with Gasteiger partial charge in [0.15, 0.2) is 0 Å². The lowest BCUT2D eigenvalue weighted by molar-refractivity contribution is 0.115. The molecule has 1 aliphatic rings. The molecule has 2 nitrogen and oxygen atoms in total. The van der Waals surface area contributed by atoms with Crippen LogP contribution in [0.15, 0.2) is 47.2 Å². The zero-order valence-electron chi connectivity index (χ0n) is 12.7. The molecule has 3 rings (SSSR count). The molecule has 1 N–H and O–H groups in total. The second kappa shape index (κ2) is 7.21. The highest BCUT2D eigenvalue weighted by Crippen LogP contribution is 2.24.